The van der Waals surface area contributed by atoms with Crippen LogP contribution in [0.3, 0.4) is 0 Å². The molecule has 0 saturated carbocycles. The minimum absolute atomic E-state index is 0.0137. The summed E-state index contributed by atoms with van der Waals surface area (Å²) in [6.45, 7) is 11.0. The standard InChI is InChI=1S/C27H32N2/c1-19-10-12-22(13-11-19)24-16-25-26(17-23(24)20(2)28)29(15-14-27(25,3)4)18-21-8-6-5-7-9-21/h5-13,16-17,20H,14-15,18,28H2,1-4H3. The molecule has 150 valence electrons. The van der Waals surface area contributed by atoms with Crippen LogP contribution in [0.1, 0.15) is 55.5 Å². The average Bonchev–Trinajstić information content (AvgIpc) is 2.71. The summed E-state index contributed by atoms with van der Waals surface area (Å²) in [6, 6.07) is 24.3. The zero-order valence-corrected chi connectivity index (χ0v) is 18.1. The second-order valence-electron chi connectivity index (χ2n) is 9.15. The first-order chi connectivity index (χ1) is 13.8. The van der Waals surface area contributed by atoms with Crippen LogP contribution in [0.4, 0.5) is 5.69 Å². The maximum atomic E-state index is 6.46. The highest BCUT2D eigenvalue weighted by atomic mass is 15.1. The van der Waals surface area contributed by atoms with Crippen LogP contribution in [0.15, 0.2) is 66.7 Å². The number of hydrogen-bond donors (Lipinski definition) is 1. The molecule has 1 aliphatic rings. The van der Waals surface area contributed by atoms with Gasteiger partial charge in [0.15, 0.2) is 0 Å². The lowest BCUT2D eigenvalue weighted by Crippen LogP contribution is -2.37. The molecule has 1 unspecified atom stereocenters. The number of fused-ring (bicyclic) bond motifs is 1. The molecule has 0 bridgehead atoms. The van der Waals surface area contributed by atoms with Crippen molar-refractivity contribution >= 4 is 5.69 Å². The van der Waals surface area contributed by atoms with Gasteiger partial charge in [-0.2, -0.15) is 0 Å². The van der Waals surface area contributed by atoms with E-state index in [1.165, 1.54) is 39.1 Å². The van der Waals surface area contributed by atoms with Crippen molar-refractivity contribution in [2.45, 2.75) is 52.1 Å². The van der Waals surface area contributed by atoms with E-state index < -0.39 is 0 Å². The van der Waals surface area contributed by atoms with Gasteiger partial charge in [-0.15, -0.1) is 0 Å². The molecule has 29 heavy (non-hydrogen) atoms. The lowest BCUT2D eigenvalue weighted by Gasteiger charge is -2.41. The quantitative estimate of drug-likeness (QED) is 0.566. The molecular formula is C27H32N2. The SMILES string of the molecule is Cc1ccc(-c2cc3c(cc2C(C)N)N(Cc2ccccc2)CCC3(C)C)cc1. The number of rotatable bonds is 4. The minimum atomic E-state index is -0.0137. The molecule has 3 aromatic carbocycles. The lowest BCUT2D eigenvalue weighted by atomic mass is 9.75. The van der Waals surface area contributed by atoms with Crippen LogP contribution >= 0.6 is 0 Å². The zero-order valence-electron chi connectivity index (χ0n) is 18.1. The number of aryl methyl sites for hydroxylation is 1. The number of hydrogen-bond acceptors (Lipinski definition) is 2. The molecule has 4 rings (SSSR count). The Morgan fingerprint density at radius 3 is 2.34 bits per heavy atom. The zero-order chi connectivity index (χ0) is 20.6. The Morgan fingerprint density at radius 1 is 1.00 bits per heavy atom. The number of nitrogens with two attached hydrogens (primary N) is 1. The molecule has 0 aliphatic carbocycles. The van der Waals surface area contributed by atoms with Crippen molar-refractivity contribution in [2.75, 3.05) is 11.4 Å². The Hall–Kier alpha value is -2.58. The molecule has 0 amide bonds. The van der Waals surface area contributed by atoms with Crippen molar-refractivity contribution in [1.29, 1.82) is 0 Å². The molecule has 0 fully saturated rings. The monoisotopic (exact) mass is 384 g/mol. The van der Waals surface area contributed by atoms with E-state index in [2.05, 4.69) is 99.3 Å². The highest BCUT2D eigenvalue weighted by molar-refractivity contribution is 5.75. The second-order valence-corrected chi connectivity index (χ2v) is 9.15. The molecule has 2 nitrogen and oxygen atoms in total. The molecule has 1 aliphatic heterocycles. The van der Waals surface area contributed by atoms with Crippen LogP contribution < -0.4 is 10.6 Å². The highest BCUT2D eigenvalue weighted by Gasteiger charge is 2.32. The van der Waals surface area contributed by atoms with Crippen LogP contribution in [0, 0.1) is 6.92 Å². The Balaban J connectivity index is 1.84. The summed E-state index contributed by atoms with van der Waals surface area (Å²) in [7, 11) is 0. The van der Waals surface area contributed by atoms with Crippen LogP contribution in [0.2, 0.25) is 0 Å². The number of nitrogens with zero attached hydrogens (tertiary/aromatic N) is 1. The average molecular weight is 385 g/mol. The van der Waals surface area contributed by atoms with Crippen molar-refractivity contribution < 1.29 is 0 Å². The third kappa shape index (κ3) is 3.95. The smallest absolute Gasteiger partial charge is 0.0429 e. The summed E-state index contributed by atoms with van der Waals surface area (Å²) < 4.78 is 0. The Kier molecular flexibility index (Phi) is 5.23. The molecule has 2 heteroatoms. The first-order valence-corrected chi connectivity index (χ1v) is 10.6. The van der Waals surface area contributed by atoms with Crippen molar-refractivity contribution in [3.8, 4) is 11.1 Å². The predicted octanol–water partition coefficient (Wildman–Crippen LogP) is 6.37. The molecule has 0 spiro atoms. The fraction of sp³-hybridized carbons (Fsp3) is 0.333. The van der Waals surface area contributed by atoms with E-state index in [0.29, 0.717) is 0 Å². The Morgan fingerprint density at radius 2 is 1.69 bits per heavy atom. The normalized spacial score (nSPS) is 16.4. The molecular weight excluding hydrogens is 352 g/mol. The third-order valence-electron chi connectivity index (χ3n) is 6.31. The van der Waals surface area contributed by atoms with Gasteiger partial charge in [0, 0.05) is 24.8 Å². The Labute approximate surface area is 175 Å². The van der Waals surface area contributed by atoms with Crippen molar-refractivity contribution in [1.82, 2.24) is 0 Å². The fourth-order valence-electron chi connectivity index (χ4n) is 4.41. The molecule has 0 radical (unpaired) electrons. The fourth-order valence-corrected chi connectivity index (χ4v) is 4.41. The van der Waals surface area contributed by atoms with Gasteiger partial charge in [-0.05, 0) is 65.6 Å². The van der Waals surface area contributed by atoms with E-state index in [1.54, 1.807) is 0 Å². The predicted molar refractivity (Wildman–Crippen MR) is 124 cm³/mol. The van der Waals surface area contributed by atoms with Gasteiger partial charge < -0.3 is 10.6 Å². The van der Waals surface area contributed by atoms with Crippen molar-refractivity contribution in [3.05, 3.63) is 89.0 Å². The molecule has 2 N–H and O–H groups in total. The lowest BCUT2D eigenvalue weighted by molar-refractivity contribution is 0.452. The van der Waals surface area contributed by atoms with E-state index in [1.807, 2.05) is 0 Å². The maximum Gasteiger partial charge on any atom is 0.0429 e. The van der Waals surface area contributed by atoms with Gasteiger partial charge in [0.1, 0.15) is 0 Å². The van der Waals surface area contributed by atoms with Gasteiger partial charge in [-0.25, -0.2) is 0 Å². The summed E-state index contributed by atoms with van der Waals surface area (Å²) in [5, 5.41) is 0. The van der Waals surface area contributed by atoms with E-state index >= 15 is 0 Å². The first-order valence-electron chi connectivity index (χ1n) is 10.6. The minimum Gasteiger partial charge on any atom is -0.367 e. The largest absolute Gasteiger partial charge is 0.367 e. The number of anilines is 1. The van der Waals surface area contributed by atoms with E-state index in [-0.39, 0.29) is 11.5 Å². The van der Waals surface area contributed by atoms with Gasteiger partial charge in [-0.1, -0.05) is 74.0 Å². The van der Waals surface area contributed by atoms with Crippen molar-refractivity contribution in [2.24, 2.45) is 5.73 Å². The van der Waals surface area contributed by atoms with Gasteiger partial charge in [0.25, 0.3) is 0 Å². The summed E-state index contributed by atoms with van der Waals surface area (Å²) in [5.74, 6) is 0. The van der Waals surface area contributed by atoms with E-state index in [9.17, 15) is 0 Å². The van der Waals surface area contributed by atoms with E-state index in [4.69, 9.17) is 5.73 Å². The number of benzene rings is 3. The maximum absolute atomic E-state index is 6.46. The van der Waals surface area contributed by atoms with Gasteiger partial charge >= 0.3 is 0 Å². The first kappa shape index (κ1) is 19.7. The molecule has 1 atom stereocenters. The molecule has 3 aromatic rings. The van der Waals surface area contributed by atoms with Crippen LogP contribution in [0.5, 0.6) is 0 Å². The van der Waals surface area contributed by atoms with Crippen LogP contribution in [-0.2, 0) is 12.0 Å². The summed E-state index contributed by atoms with van der Waals surface area (Å²) in [6.07, 6.45) is 1.15. The van der Waals surface area contributed by atoms with Gasteiger partial charge in [0.05, 0.1) is 0 Å². The van der Waals surface area contributed by atoms with Crippen molar-refractivity contribution in [3.63, 3.8) is 0 Å². The highest BCUT2D eigenvalue weighted by Crippen LogP contribution is 2.44. The van der Waals surface area contributed by atoms with Gasteiger partial charge in [0.2, 0.25) is 0 Å². The van der Waals surface area contributed by atoms with E-state index in [0.717, 1.165) is 19.5 Å². The molecule has 0 aromatic heterocycles. The Bertz CT molecular complexity index is 985. The molecule has 0 saturated heterocycles. The summed E-state index contributed by atoms with van der Waals surface area (Å²) >= 11 is 0. The third-order valence-corrected chi connectivity index (χ3v) is 6.31. The van der Waals surface area contributed by atoms with Crippen LogP contribution in [0.25, 0.3) is 11.1 Å². The van der Waals surface area contributed by atoms with Gasteiger partial charge in [-0.3, -0.25) is 0 Å². The topological polar surface area (TPSA) is 29.3 Å². The molecule has 1 heterocycles. The van der Waals surface area contributed by atoms with Crippen LogP contribution in [-0.4, -0.2) is 6.54 Å². The summed E-state index contributed by atoms with van der Waals surface area (Å²) in [4.78, 5) is 2.53. The second kappa shape index (κ2) is 7.68. The summed E-state index contributed by atoms with van der Waals surface area (Å²) in [5.41, 5.74) is 15.8.